The van der Waals surface area contributed by atoms with Gasteiger partial charge in [0.1, 0.15) is 17.3 Å². The van der Waals surface area contributed by atoms with Crippen LogP contribution in [0.3, 0.4) is 0 Å². The number of fused-ring (bicyclic) bond motifs is 1. The average molecular weight is 449 g/mol. The van der Waals surface area contributed by atoms with Crippen LogP contribution >= 0.6 is 0 Å². The molecule has 170 valence electrons. The Balaban J connectivity index is 1.69. The fraction of sp³-hybridized carbons (Fsp3) is 0.231. The van der Waals surface area contributed by atoms with Crippen LogP contribution in [-0.4, -0.2) is 41.6 Å². The number of halogens is 1. The van der Waals surface area contributed by atoms with Crippen molar-refractivity contribution >= 4 is 11.9 Å². The van der Waals surface area contributed by atoms with Gasteiger partial charge in [-0.05, 0) is 54.3 Å². The van der Waals surface area contributed by atoms with Crippen molar-refractivity contribution < 1.29 is 28.6 Å². The number of carbonyl (C=O) groups is 2. The number of rotatable bonds is 7. The number of para-hydroxylation sites is 1. The molecule has 7 heteroatoms. The monoisotopic (exact) mass is 449 g/mol. The summed E-state index contributed by atoms with van der Waals surface area (Å²) in [4.78, 5) is 26.0. The normalized spacial score (nSPS) is 15.0. The van der Waals surface area contributed by atoms with E-state index in [2.05, 4.69) is 0 Å². The molecule has 0 saturated carbocycles. The molecule has 1 unspecified atom stereocenters. The predicted octanol–water partition coefficient (Wildman–Crippen LogP) is 4.15. The van der Waals surface area contributed by atoms with E-state index in [9.17, 15) is 14.0 Å². The Hall–Kier alpha value is -3.87. The van der Waals surface area contributed by atoms with Crippen LogP contribution in [0.1, 0.15) is 28.3 Å². The average Bonchev–Trinajstić information content (AvgIpc) is 2.81. The number of hydrogen-bond acceptors (Lipinski definition) is 4. The van der Waals surface area contributed by atoms with Crippen LogP contribution in [0.4, 0.5) is 4.39 Å². The van der Waals surface area contributed by atoms with E-state index in [1.165, 1.54) is 18.2 Å². The Morgan fingerprint density at radius 1 is 0.970 bits per heavy atom. The molecular formula is C26H24FNO5. The van der Waals surface area contributed by atoms with Gasteiger partial charge in [-0.1, -0.05) is 42.5 Å². The van der Waals surface area contributed by atoms with E-state index in [0.29, 0.717) is 24.3 Å². The van der Waals surface area contributed by atoms with Crippen molar-refractivity contribution in [2.45, 2.75) is 19.4 Å². The fourth-order valence-corrected chi connectivity index (χ4v) is 4.12. The second-order valence-corrected chi connectivity index (χ2v) is 7.86. The summed E-state index contributed by atoms with van der Waals surface area (Å²) < 4.78 is 25.6. The molecule has 0 aromatic heterocycles. The Morgan fingerprint density at radius 2 is 1.70 bits per heavy atom. The zero-order valence-corrected chi connectivity index (χ0v) is 18.2. The third-order valence-electron chi connectivity index (χ3n) is 5.67. The molecule has 0 spiro atoms. The summed E-state index contributed by atoms with van der Waals surface area (Å²) in [5.74, 6) is -1.06. The van der Waals surface area contributed by atoms with E-state index in [-0.39, 0.29) is 18.3 Å². The fourth-order valence-electron chi connectivity index (χ4n) is 4.12. The maximum Gasteiger partial charge on any atom is 0.341 e. The minimum Gasteiger partial charge on any atom is -0.484 e. The lowest BCUT2D eigenvalue weighted by Crippen LogP contribution is -2.43. The van der Waals surface area contributed by atoms with Gasteiger partial charge in [-0.3, -0.25) is 4.79 Å². The summed E-state index contributed by atoms with van der Waals surface area (Å²) in [5, 5.41) is 9.05. The van der Waals surface area contributed by atoms with Crippen molar-refractivity contribution in [1.29, 1.82) is 0 Å². The number of carboxylic acid groups (broad SMARTS) is 1. The summed E-state index contributed by atoms with van der Waals surface area (Å²) in [6.07, 6.45) is 0.642. The minimum absolute atomic E-state index is 0.176. The van der Waals surface area contributed by atoms with E-state index in [1.807, 2.05) is 49.4 Å². The van der Waals surface area contributed by atoms with Crippen molar-refractivity contribution in [1.82, 2.24) is 4.90 Å². The van der Waals surface area contributed by atoms with Crippen LogP contribution in [0, 0.1) is 12.7 Å². The van der Waals surface area contributed by atoms with Crippen LogP contribution in [0.5, 0.6) is 11.5 Å². The molecule has 1 N–H and O–H groups in total. The van der Waals surface area contributed by atoms with Crippen molar-refractivity contribution in [3.63, 3.8) is 0 Å². The molecular weight excluding hydrogens is 425 g/mol. The van der Waals surface area contributed by atoms with Gasteiger partial charge >= 0.3 is 5.97 Å². The molecule has 3 aromatic carbocycles. The highest BCUT2D eigenvalue weighted by Gasteiger charge is 2.34. The zero-order valence-electron chi connectivity index (χ0n) is 18.2. The van der Waals surface area contributed by atoms with Crippen LogP contribution in [-0.2, 0) is 16.0 Å². The summed E-state index contributed by atoms with van der Waals surface area (Å²) in [6, 6.07) is 18.4. The molecule has 0 bridgehead atoms. The van der Waals surface area contributed by atoms with Gasteiger partial charge in [0.25, 0.3) is 5.91 Å². The lowest BCUT2D eigenvalue weighted by molar-refractivity contribution is -0.139. The largest absolute Gasteiger partial charge is 0.484 e. The van der Waals surface area contributed by atoms with E-state index < -0.39 is 24.4 Å². The molecule has 0 aliphatic carbocycles. The van der Waals surface area contributed by atoms with Gasteiger partial charge in [-0.25, -0.2) is 9.18 Å². The van der Waals surface area contributed by atoms with Gasteiger partial charge in [-0.15, -0.1) is 0 Å². The number of nitrogens with zero attached hydrogens (tertiary/aromatic N) is 1. The van der Waals surface area contributed by atoms with Gasteiger partial charge in [0.15, 0.2) is 13.2 Å². The van der Waals surface area contributed by atoms with Crippen molar-refractivity contribution in [3.05, 3.63) is 94.8 Å². The summed E-state index contributed by atoms with van der Waals surface area (Å²) in [5.41, 5.74) is 3.20. The molecule has 33 heavy (non-hydrogen) atoms. The molecule has 0 saturated heterocycles. The number of aliphatic carboxylic acids is 1. The maximum atomic E-state index is 14.3. The number of ether oxygens (including phenoxy) is 2. The topological polar surface area (TPSA) is 76.1 Å². The lowest BCUT2D eigenvalue weighted by Gasteiger charge is -2.38. The first-order chi connectivity index (χ1) is 15.9. The molecule has 1 atom stereocenters. The van der Waals surface area contributed by atoms with Gasteiger partial charge in [0, 0.05) is 12.1 Å². The van der Waals surface area contributed by atoms with Crippen molar-refractivity contribution in [2.24, 2.45) is 0 Å². The second-order valence-electron chi connectivity index (χ2n) is 7.86. The van der Waals surface area contributed by atoms with Crippen LogP contribution in [0.2, 0.25) is 0 Å². The molecule has 3 aromatic rings. The predicted molar refractivity (Wildman–Crippen MR) is 120 cm³/mol. The summed E-state index contributed by atoms with van der Waals surface area (Å²) >= 11 is 0. The van der Waals surface area contributed by atoms with Crippen molar-refractivity contribution in [2.75, 3.05) is 19.8 Å². The third-order valence-corrected chi connectivity index (χ3v) is 5.67. The Labute approximate surface area is 191 Å². The van der Waals surface area contributed by atoms with E-state index in [0.717, 1.165) is 16.7 Å². The number of carbonyl (C=O) groups excluding carboxylic acids is 1. The third kappa shape index (κ3) is 4.98. The van der Waals surface area contributed by atoms with Crippen LogP contribution < -0.4 is 9.47 Å². The number of carboxylic acids is 1. The second kappa shape index (κ2) is 9.73. The van der Waals surface area contributed by atoms with E-state index in [1.54, 1.807) is 11.0 Å². The Morgan fingerprint density at radius 3 is 2.48 bits per heavy atom. The molecule has 1 amide bonds. The van der Waals surface area contributed by atoms with Gasteiger partial charge in [0.2, 0.25) is 0 Å². The van der Waals surface area contributed by atoms with E-state index >= 15 is 0 Å². The molecule has 6 nitrogen and oxygen atoms in total. The summed E-state index contributed by atoms with van der Waals surface area (Å²) in [7, 11) is 0. The van der Waals surface area contributed by atoms with E-state index in [4.69, 9.17) is 14.6 Å². The molecule has 1 aliphatic rings. The first-order valence-electron chi connectivity index (χ1n) is 10.6. The minimum atomic E-state index is -1.14. The van der Waals surface area contributed by atoms with Crippen LogP contribution in [0.15, 0.2) is 66.7 Å². The Bertz CT molecular complexity index is 1180. The number of benzene rings is 3. The molecule has 1 aliphatic heterocycles. The smallest absolute Gasteiger partial charge is 0.341 e. The molecule has 1 heterocycles. The first-order valence-corrected chi connectivity index (χ1v) is 10.6. The first kappa shape index (κ1) is 22.3. The lowest BCUT2D eigenvalue weighted by atomic mass is 9.87. The SMILES string of the molecule is Cc1ccccc1OCC(=O)N1CCc2ccccc2C1c1cc(F)ccc1OCC(=O)O. The molecule has 0 radical (unpaired) electrons. The van der Waals surface area contributed by atoms with Gasteiger partial charge in [-0.2, -0.15) is 0 Å². The van der Waals surface area contributed by atoms with Crippen molar-refractivity contribution in [3.8, 4) is 11.5 Å². The highest BCUT2D eigenvalue weighted by Crippen LogP contribution is 2.39. The molecule has 4 rings (SSSR count). The highest BCUT2D eigenvalue weighted by molar-refractivity contribution is 5.79. The zero-order chi connectivity index (χ0) is 23.4. The van der Waals surface area contributed by atoms with Crippen LogP contribution in [0.25, 0.3) is 0 Å². The maximum absolute atomic E-state index is 14.3. The molecule has 0 fully saturated rings. The number of aryl methyl sites for hydroxylation is 1. The number of hydrogen-bond donors (Lipinski definition) is 1. The highest BCUT2D eigenvalue weighted by atomic mass is 19.1. The van der Waals surface area contributed by atoms with Gasteiger partial charge < -0.3 is 19.5 Å². The van der Waals surface area contributed by atoms with Gasteiger partial charge in [0.05, 0.1) is 6.04 Å². The Kier molecular flexibility index (Phi) is 6.58. The number of amides is 1. The quantitative estimate of drug-likeness (QED) is 0.587. The standard InChI is InChI=1S/C26H24FNO5/c1-17-6-2-5-9-22(17)32-15-24(29)28-13-12-18-7-3-4-8-20(18)26(28)21-14-19(27)10-11-23(21)33-16-25(30)31/h2-11,14,26H,12-13,15-16H2,1H3,(H,30,31). The summed E-state index contributed by atoms with van der Waals surface area (Å²) in [6.45, 7) is 1.56.